The van der Waals surface area contributed by atoms with Gasteiger partial charge in [0.25, 0.3) is 0 Å². The van der Waals surface area contributed by atoms with Crippen LogP contribution in [0.15, 0.2) is 0 Å². The number of aliphatic hydroxyl groups is 1. The summed E-state index contributed by atoms with van der Waals surface area (Å²) in [6.07, 6.45) is 3.89. The van der Waals surface area contributed by atoms with Gasteiger partial charge < -0.3 is 10.0 Å². The summed E-state index contributed by atoms with van der Waals surface area (Å²) in [4.78, 5) is 13.8. The molecule has 1 rings (SSSR count). The molecular formula is C12H23NO2. The zero-order valence-corrected chi connectivity index (χ0v) is 10.1. The summed E-state index contributed by atoms with van der Waals surface area (Å²) in [5.74, 6) is 0.903. The lowest BCUT2D eigenvalue weighted by atomic mass is 9.81. The topological polar surface area (TPSA) is 40.5 Å². The minimum atomic E-state index is 0.195. The molecule has 0 atom stereocenters. The van der Waals surface area contributed by atoms with Gasteiger partial charge in [-0.3, -0.25) is 4.79 Å². The standard InChI is InChI=1S/C12H23NO2/c1-9(2)13(3)12(15)11-6-4-10(8-14)5-7-11/h9-11,14H,4-8H2,1-3H3. The Labute approximate surface area is 92.5 Å². The first kappa shape index (κ1) is 12.5. The predicted molar refractivity (Wildman–Crippen MR) is 60.4 cm³/mol. The molecule has 0 aromatic carbocycles. The molecule has 1 saturated carbocycles. The lowest BCUT2D eigenvalue weighted by molar-refractivity contribution is -0.137. The summed E-state index contributed by atoms with van der Waals surface area (Å²) >= 11 is 0. The van der Waals surface area contributed by atoms with E-state index in [9.17, 15) is 4.79 Å². The van der Waals surface area contributed by atoms with Gasteiger partial charge in [-0.1, -0.05) is 0 Å². The minimum Gasteiger partial charge on any atom is -0.396 e. The fraction of sp³-hybridized carbons (Fsp3) is 0.917. The van der Waals surface area contributed by atoms with Gasteiger partial charge in [0.1, 0.15) is 0 Å². The van der Waals surface area contributed by atoms with Crippen molar-refractivity contribution in [2.45, 2.75) is 45.6 Å². The molecule has 1 aliphatic carbocycles. The molecule has 0 spiro atoms. The molecule has 15 heavy (non-hydrogen) atoms. The van der Waals surface area contributed by atoms with Crippen molar-refractivity contribution < 1.29 is 9.90 Å². The van der Waals surface area contributed by atoms with Crippen LogP contribution in [-0.2, 0) is 4.79 Å². The number of rotatable bonds is 3. The monoisotopic (exact) mass is 213 g/mol. The molecule has 1 fully saturated rings. The quantitative estimate of drug-likeness (QED) is 0.774. The third kappa shape index (κ3) is 3.20. The number of hydrogen-bond acceptors (Lipinski definition) is 2. The van der Waals surface area contributed by atoms with Crippen molar-refractivity contribution in [3.8, 4) is 0 Å². The summed E-state index contributed by atoms with van der Waals surface area (Å²) in [6, 6.07) is 0.285. The Morgan fingerprint density at radius 3 is 2.27 bits per heavy atom. The van der Waals surface area contributed by atoms with E-state index in [0.29, 0.717) is 5.92 Å². The van der Waals surface area contributed by atoms with Gasteiger partial charge in [-0.25, -0.2) is 0 Å². The Hall–Kier alpha value is -0.570. The fourth-order valence-electron chi connectivity index (χ4n) is 2.13. The highest BCUT2D eigenvalue weighted by atomic mass is 16.3. The number of aliphatic hydroxyl groups excluding tert-OH is 1. The Morgan fingerprint density at radius 1 is 1.33 bits per heavy atom. The Kier molecular flexibility index (Phi) is 4.58. The molecule has 0 unspecified atom stereocenters. The molecule has 88 valence electrons. The van der Waals surface area contributed by atoms with Crippen molar-refractivity contribution in [3.05, 3.63) is 0 Å². The zero-order chi connectivity index (χ0) is 11.4. The van der Waals surface area contributed by atoms with Crippen molar-refractivity contribution >= 4 is 5.91 Å². The highest BCUT2D eigenvalue weighted by Crippen LogP contribution is 2.29. The normalized spacial score (nSPS) is 26.7. The number of amides is 1. The van der Waals surface area contributed by atoms with Crippen molar-refractivity contribution in [1.29, 1.82) is 0 Å². The second-order valence-electron chi connectivity index (χ2n) is 4.94. The molecule has 0 saturated heterocycles. The van der Waals surface area contributed by atoms with Crippen LogP contribution in [0.3, 0.4) is 0 Å². The maximum Gasteiger partial charge on any atom is 0.225 e. The van der Waals surface area contributed by atoms with E-state index in [2.05, 4.69) is 0 Å². The van der Waals surface area contributed by atoms with Gasteiger partial charge in [-0.05, 0) is 45.4 Å². The van der Waals surface area contributed by atoms with Gasteiger partial charge in [0.05, 0.1) is 0 Å². The Balaban J connectivity index is 2.42. The summed E-state index contributed by atoms with van der Waals surface area (Å²) < 4.78 is 0. The van der Waals surface area contributed by atoms with E-state index >= 15 is 0 Å². The fourth-order valence-corrected chi connectivity index (χ4v) is 2.13. The Morgan fingerprint density at radius 2 is 1.87 bits per heavy atom. The van der Waals surface area contributed by atoms with Crippen molar-refractivity contribution in [2.24, 2.45) is 11.8 Å². The van der Waals surface area contributed by atoms with Gasteiger partial charge >= 0.3 is 0 Å². The highest BCUT2D eigenvalue weighted by Gasteiger charge is 2.28. The van der Waals surface area contributed by atoms with E-state index in [1.807, 2.05) is 25.8 Å². The van der Waals surface area contributed by atoms with Crippen LogP contribution in [0.4, 0.5) is 0 Å². The second kappa shape index (κ2) is 5.50. The largest absolute Gasteiger partial charge is 0.396 e. The molecular weight excluding hydrogens is 190 g/mol. The number of hydrogen-bond donors (Lipinski definition) is 1. The first-order valence-electron chi connectivity index (χ1n) is 5.93. The molecule has 3 heteroatoms. The average Bonchev–Trinajstić information content (AvgIpc) is 2.27. The molecule has 1 aliphatic rings. The van der Waals surface area contributed by atoms with Crippen LogP contribution in [0.5, 0.6) is 0 Å². The minimum absolute atomic E-state index is 0.195. The molecule has 0 heterocycles. The molecule has 0 aliphatic heterocycles. The molecule has 1 amide bonds. The second-order valence-corrected chi connectivity index (χ2v) is 4.94. The SMILES string of the molecule is CC(C)N(C)C(=O)C1CCC(CO)CC1. The lowest BCUT2D eigenvalue weighted by Gasteiger charge is -2.31. The van der Waals surface area contributed by atoms with E-state index in [0.717, 1.165) is 25.7 Å². The van der Waals surface area contributed by atoms with Gasteiger partial charge in [0.15, 0.2) is 0 Å². The summed E-state index contributed by atoms with van der Waals surface area (Å²) in [5, 5.41) is 9.02. The number of nitrogens with zero attached hydrogens (tertiary/aromatic N) is 1. The number of carbonyl (C=O) groups excluding carboxylic acids is 1. The molecule has 1 N–H and O–H groups in total. The van der Waals surface area contributed by atoms with E-state index in [1.54, 1.807) is 0 Å². The summed E-state index contributed by atoms with van der Waals surface area (Å²) in [6.45, 7) is 4.36. The first-order valence-corrected chi connectivity index (χ1v) is 5.93. The lowest BCUT2D eigenvalue weighted by Crippen LogP contribution is -2.39. The van der Waals surface area contributed by atoms with Crippen molar-refractivity contribution in [2.75, 3.05) is 13.7 Å². The van der Waals surface area contributed by atoms with Crippen LogP contribution >= 0.6 is 0 Å². The highest BCUT2D eigenvalue weighted by molar-refractivity contribution is 5.78. The maximum atomic E-state index is 12.0. The first-order chi connectivity index (χ1) is 7.06. The number of carbonyl (C=O) groups is 1. The van der Waals surface area contributed by atoms with Crippen molar-refractivity contribution in [1.82, 2.24) is 4.90 Å². The van der Waals surface area contributed by atoms with E-state index in [4.69, 9.17) is 5.11 Å². The zero-order valence-electron chi connectivity index (χ0n) is 10.1. The van der Waals surface area contributed by atoms with Gasteiger partial charge in [-0.2, -0.15) is 0 Å². The third-order valence-corrected chi connectivity index (χ3v) is 3.58. The van der Waals surface area contributed by atoms with Gasteiger partial charge in [0, 0.05) is 25.6 Å². The van der Waals surface area contributed by atoms with Crippen LogP contribution in [0, 0.1) is 11.8 Å². The van der Waals surface area contributed by atoms with E-state index in [1.165, 1.54) is 0 Å². The maximum absolute atomic E-state index is 12.0. The van der Waals surface area contributed by atoms with Gasteiger partial charge in [-0.15, -0.1) is 0 Å². The summed E-state index contributed by atoms with van der Waals surface area (Å²) in [5.41, 5.74) is 0. The summed E-state index contributed by atoms with van der Waals surface area (Å²) in [7, 11) is 1.88. The smallest absolute Gasteiger partial charge is 0.225 e. The average molecular weight is 213 g/mol. The van der Waals surface area contributed by atoms with Crippen molar-refractivity contribution in [3.63, 3.8) is 0 Å². The molecule has 0 bridgehead atoms. The van der Waals surface area contributed by atoms with Crippen LogP contribution < -0.4 is 0 Å². The predicted octanol–water partition coefficient (Wildman–Crippen LogP) is 1.65. The van der Waals surface area contributed by atoms with Crippen LogP contribution in [-0.4, -0.2) is 35.6 Å². The van der Waals surface area contributed by atoms with Crippen LogP contribution in [0.25, 0.3) is 0 Å². The van der Waals surface area contributed by atoms with Gasteiger partial charge in [0.2, 0.25) is 5.91 Å². The molecule has 0 aromatic heterocycles. The third-order valence-electron chi connectivity index (χ3n) is 3.58. The molecule has 3 nitrogen and oxygen atoms in total. The molecule has 0 radical (unpaired) electrons. The van der Waals surface area contributed by atoms with Crippen LogP contribution in [0.2, 0.25) is 0 Å². The van der Waals surface area contributed by atoms with E-state index < -0.39 is 0 Å². The molecule has 0 aromatic rings. The van der Waals surface area contributed by atoms with Crippen LogP contribution in [0.1, 0.15) is 39.5 Å². The van der Waals surface area contributed by atoms with E-state index in [-0.39, 0.29) is 24.5 Å². The Bertz CT molecular complexity index is 208.